The molecule has 3 N–H and O–H groups in total. The Kier molecular flexibility index (Phi) is 5.00. The van der Waals surface area contributed by atoms with Gasteiger partial charge in [0.1, 0.15) is 5.92 Å². The summed E-state index contributed by atoms with van der Waals surface area (Å²) in [6, 6.07) is 1.45. The summed E-state index contributed by atoms with van der Waals surface area (Å²) in [5.74, 6) is -1.57. The maximum absolute atomic E-state index is 12.2. The second-order valence-corrected chi connectivity index (χ2v) is 5.31. The Balaban J connectivity index is 2.52. The molecule has 1 aliphatic heterocycles. The monoisotopic (exact) mass is 340 g/mol. The number of esters is 1. The number of amides is 2. The van der Waals surface area contributed by atoms with Crippen LogP contribution in [0.25, 0.3) is 0 Å². The molecule has 0 aromatic heterocycles. The smallest absolute Gasteiger partial charge is 0.319 e. The average molecular weight is 341 g/mol. The van der Waals surface area contributed by atoms with Crippen LogP contribution in [-0.2, 0) is 9.53 Å². The third-order valence-electron chi connectivity index (χ3n) is 3.43. The van der Waals surface area contributed by atoms with Crippen LogP contribution in [-0.4, -0.2) is 30.8 Å². The quantitative estimate of drug-likeness (QED) is 0.729. The van der Waals surface area contributed by atoms with Crippen LogP contribution in [0.5, 0.6) is 11.5 Å². The van der Waals surface area contributed by atoms with E-state index in [1.165, 1.54) is 19.2 Å². The largest absolute Gasteiger partial charge is 0.504 e. The molecule has 1 aromatic carbocycles. The number of hydrogen-bond donors (Lipinski definition) is 3. The first kappa shape index (κ1) is 17.0. The van der Waals surface area contributed by atoms with Crippen LogP contribution < -0.4 is 15.4 Å². The Labute approximate surface area is 138 Å². The first-order valence-corrected chi connectivity index (χ1v) is 7.26. The van der Waals surface area contributed by atoms with Crippen molar-refractivity contribution in [3.63, 3.8) is 0 Å². The van der Waals surface area contributed by atoms with Crippen LogP contribution in [0.4, 0.5) is 4.79 Å². The number of phenolic OH excluding ortho intramolecular Hbond substituents is 1. The molecule has 2 amide bonds. The molecule has 23 heavy (non-hydrogen) atoms. The third kappa shape index (κ3) is 3.34. The van der Waals surface area contributed by atoms with Gasteiger partial charge in [0.05, 0.1) is 19.8 Å². The lowest BCUT2D eigenvalue weighted by atomic mass is 9.88. The van der Waals surface area contributed by atoms with Crippen LogP contribution in [0, 0.1) is 5.92 Å². The van der Waals surface area contributed by atoms with Crippen molar-refractivity contribution in [2.45, 2.75) is 13.0 Å². The molecule has 0 spiro atoms. The molecule has 2 rings (SSSR count). The van der Waals surface area contributed by atoms with Gasteiger partial charge in [0.15, 0.2) is 11.5 Å². The summed E-state index contributed by atoms with van der Waals surface area (Å²) < 4.78 is 10.1. The number of urea groups is 1. The molecular weight excluding hydrogens is 324 g/mol. The van der Waals surface area contributed by atoms with Gasteiger partial charge in [-0.1, -0.05) is 18.2 Å². The van der Waals surface area contributed by atoms with Crippen molar-refractivity contribution in [1.29, 1.82) is 0 Å². The lowest BCUT2D eigenvalue weighted by Crippen LogP contribution is -2.51. The minimum atomic E-state index is -0.915. The van der Waals surface area contributed by atoms with E-state index in [2.05, 4.69) is 17.2 Å². The van der Waals surface area contributed by atoms with E-state index in [1.807, 2.05) is 0 Å². The van der Waals surface area contributed by atoms with Crippen molar-refractivity contribution in [2.24, 2.45) is 5.92 Å². The van der Waals surface area contributed by atoms with Crippen LogP contribution in [0.15, 0.2) is 24.4 Å². The van der Waals surface area contributed by atoms with Gasteiger partial charge in [-0.05, 0) is 13.0 Å². The lowest BCUT2D eigenvalue weighted by molar-refractivity contribution is -0.147. The second-order valence-electron chi connectivity index (χ2n) is 4.88. The minimum Gasteiger partial charge on any atom is -0.504 e. The van der Waals surface area contributed by atoms with Gasteiger partial charge in [-0.2, -0.15) is 0 Å². The molecular formula is C15H17ClN2O5. The highest BCUT2D eigenvalue weighted by molar-refractivity contribution is 6.30. The molecule has 2 unspecified atom stereocenters. The Morgan fingerprint density at radius 3 is 2.78 bits per heavy atom. The normalized spacial score (nSPS) is 20.5. The summed E-state index contributed by atoms with van der Waals surface area (Å²) in [4.78, 5) is 24.0. The highest BCUT2D eigenvalue weighted by atomic mass is 35.5. The summed E-state index contributed by atoms with van der Waals surface area (Å²) in [6.07, 6.45) is 0. The van der Waals surface area contributed by atoms with E-state index in [-0.39, 0.29) is 34.4 Å². The minimum absolute atomic E-state index is 0.133. The maximum Gasteiger partial charge on any atom is 0.319 e. The van der Waals surface area contributed by atoms with Crippen LogP contribution in [0.3, 0.4) is 0 Å². The van der Waals surface area contributed by atoms with Crippen molar-refractivity contribution in [3.8, 4) is 11.5 Å². The van der Waals surface area contributed by atoms with E-state index in [0.29, 0.717) is 0 Å². The molecule has 124 valence electrons. The Morgan fingerprint density at radius 2 is 2.17 bits per heavy atom. The van der Waals surface area contributed by atoms with Crippen LogP contribution >= 0.6 is 11.6 Å². The highest BCUT2D eigenvalue weighted by Gasteiger charge is 2.40. The lowest BCUT2D eigenvalue weighted by Gasteiger charge is -2.33. The molecule has 0 saturated carbocycles. The zero-order valence-electron chi connectivity index (χ0n) is 12.7. The van der Waals surface area contributed by atoms with Crippen molar-refractivity contribution < 1.29 is 24.2 Å². The molecule has 1 saturated heterocycles. The maximum atomic E-state index is 12.2. The average Bonchev–Trinajstić information content (AvgIpc) is 2.48. The standard InChI is InChI=1S/C15H17ClN2O5/c1-4-23-14(20)11-7(2)17-15(21)18-12(11)9-5-8(16)6-10(22-3)13(9)19/h5-6,11-12,19H,2,4H2,1,3H3,(H2,17,18,21). The number of phenols is 1. The van der Waals surface area contributed by atoms with Gasteiger partial charge in [-0.15, -0.1) is 0 Å². The molecule has 1 fully saturated rings. The zero-order chi connectivity index (χ0) is 17.1. The summed E-state index contributed by atoms with van der Waals surface area (Å²) >= 11 is 6.02. The number of nitrogens with one attached hydrogen (secondary N) is 2. The SMILES string of the molecule is C=C1NC(=O)NC(c2cc(Cl)cc(OC)c2O)C1C(=O)OCC. The molecule has 7 nitrogen and oxygen atoms in total. The number of carbonyl (C=O) groups is 2. The van der Waals surface area contributed by atoms with Gasteiger partial charge >= 0.3 is 12.0 Å². The number of halogens is 1. The van der Waals surface area contributed by atoms with Gasteiger partial charge in [0.2, 0.25) is 0 Å². The van der Waals surface area contributed by atoms with Crippen molar-refractivity contribution >= 4 is 23.6 Å². The number of benzene rings is 1. The molecule has 0 bridgehead atoms. The Hall–Kier alpha value is -2.41. The number of ether oxygens (including phenoxy) is 2. The van der Waals surface area contributed by atoms with Gasteiger partial charge in [0.25, 0.3) is 0 Å². The molecule has 1 aromatic rings. The number of rotatable bonds is 4. The van der Waals surface area contributed by atoms with Crippen molar-refractivity contribution in [1.82, 2.24) is 10.6 Å². The van der Waals surface area contributed by atoms with Crippen molar-refractivity contribution in [2.75, 3.05) is 13.7 Å². The van der Waals surface area contributed by atoms with Gasteiger partial charge in [-0.25, -0.2) is 4.79 Å². The zero-order valence-corrected chi connectivity index (χ0v) is 13.4. The number of carbonyl (C=O) groups excluding carboxylic acids is 2. The molecule has 1 heterocycles. The molecule has 0 aliphatic carbocycles. The van der Waals surface area contributed by atoms with Gasteiger partial charge < -0.3 is 25.2 Å². The predicted octanol–water partition coefficient (Wildman–Crippen LogP) is 2.10. The Morgan fingerprint density at radius 1 is 1.48 bits per heavy atom. The molecule has 8 heteroatoms. The predicted molar refractivity (Wildman–Crippen MR) is 83.3 cm³/mol. The van der Waals surface area contributed by atoms with E-state index in [0.717, 1.165) is 0 Å². The van der Waals surface area contributed by atoms with Crippen LogP contribution in [0.2, 0.25) is 5.02 Å². The molecule has 0 radical (unpaired) electrons. The van der Waals surface area contributed by atoms with E-state index < -0.39 is 24.0 Å². The first-order valence-electron chi connectivity index (χ1n) is 6.88. The fraction of sp³-hybridized carbons (Fsp3) is 0.333. The molecule has 2 atom stereocenters. The molecule has 1 aliphatic rings. The number of aromatic hydroxyl groups is 1. The number of hydrogen-bond acceptors (Lipinski definition) is 5. The van der Waals surface area contributed by atoms with Crippen LogP contribution in [0.1, 0.15) is 18.5 Å². The van der Waals surface area contributed by atoms with Gasteiger partial charge in [0, 0.05) is 22.3 Å². The number of methoxy groups -OCH3 is 1. The van der Waals surface area contributed by atoms with Gasteiger partial charge in [-0.3, -0.25) is 4.79 Å². The third-order valence-corrected chi connectivity index (χ3v) is 3.65. The highest BCUT2D eigenvalue weighted by Crippen LogP contribution is 2.41. The summed E-state index contributed by atoms with van der Waals surface area (Å²) in [5, 5.41) is 15.6. The van der Waals surface area contributed by atoms with E-state index in [1.54, 1.807) is 6.92 Å². The van der Waals surface area contributed by atoms with Crippen molar-refractivity contribution in [3.05, 3.63) is 35.0 Å². The van der Waals surface area contributed by atoms with E-state index in [9.17, 15) is 14.7 Å². The second kappa shape index (κ2) is 6.78. The topological polar surface area (TPSA) is 96.9 Å². The summed E-state index contributed by atoms with van der Waals surface area (Å²) in [6.45, 7) is 5.55. The Bertz CT molecular complexity index is 662. The van der Waals surface area contributed by atoms with E-state index >= 15 is 0 Å². The summed E-state index contributed by atoms with van der Waals surface area (Å²) in [5.41, 5.74) is 0.416. The summed E-state index contributed by atoms with van der Waals surface area (Å²) in [7, 11) is 1.37. The van der Waals surface area contributed by atoms with E-state index in [4.69, 9.17) is 21.1 Å². The fourth-order valence-electron chi connectivity index (χ4n) is 2.44. The fourth-order valence-corrected chi connectivity index (χ4v) is 2.66. The first-order chi connectivity index (χ1) is 10.9.